The Kier molecular flexibility index (Phi) is 8.57. The number of rotatable bonds is 9. The van der Waals surface area contributed by atoms with Crippen LogP contribution in [0.25, 0.3) is 0 Å². The molecule has 1 saturated carbocycles. The average molecular weight is 506 g/mol. The van der Waals surface area contributed by atoms with Crippen molar-refractivity contribution >= 4 is 46.7 Å². The van der Waals surface area contributed by atoms with Gasteiger partial charge in [0.1, 0.15) is 6.04 Å². The van der Waals surface area contributed by atoms with E-state index in [1.165, 1.54) is 4.90 Å². The molecule has 1 aliphatic rings. The van der Waals surface area contributed by atoms with E-state index in [9.17, 15) is 19.5 Å². The van der Waals surface area contributed by atoms with Crippen molar-refractivity contribution in [2.24, 2.45) is 11.1 Å². The van der Waals surface area contributed by atoms with Gasteiger partial charge in [-0.15, -0.1) is 0 Å². The monoisotopic (exact) mass is 505 g/mol. The van der Waals surface area contributed by atoms with E-state index in [-0.39, 0.29) is 27.9 Å². The average Bonchev–Trinajstić information content (AvgIpc) is 3.27. The second-order valence-corrected chi connectivity index (χ2v) is 9.56. The summed E-state index contributed by atoms with van der Waals surface area (Å²) in [5.74, 6) is -1.66. The Bertz CT molecular complexity index is 1030. The molecule has 182 valence electrons. The normalized spacial score (nSPS) is 15.5. The van der Waals surface area contributed by atoms with Gasteiger partial charge in [-0.3, -0.25) is 9.59 Å². The van der Waals surface area contributed by atoms with Crippen LogP contribution in [0.1, 0.15) is 48.0 Å². The fraction of sp³-hybridized carbons (Fsp3) is 0.400. The van der Waals surface area contributed by atoms with Crippen molar-refractivity contribution in [3.05, 3.63) is 63.6 Å². The van der Waals surface area contributed by atoms with Gasteiger partial charge in [0, 0.05) is 19.2 Å². The third kappa shape index (κ3) is 5.71. The number of amides is 2. The quantitative estimate of drug-likeness (QED) is 0.460. The van der Waals surface area contributed by atoms with Crippen molar-refractivity contribution in [3.63, 3.8) is 0 Å². The zero-order valence-electron chi connectivity index (χ0n) is 19.0. The first-order chi connectivity index (χ1) is 16.2. The number of carbonyl (C=O) groups excluding carboxylic acids is 2. The zero-order valence-corrected chi connectivity index (χ0v) is 20.5. The molecule has 0 heterocycles. The van der Waals surface area contributed by atoms with Crippen LogP contribution in [-0.4, -0.2) is 47.4 Å². The van der Waals surface area contributed by atoms with Crippen LogP contribution in [0.15, 0.2) is 42.5 Å². The highest BCUT2D eigenvalue weighted by Crippen LogP contribution is 2.42. The van der Waals surface area contributed by atoms with Gasteiger partial charge in [-0.25, -0.2) is 4.79 Å². The molecule has 4 N–H and O–H groups in total. The molecule has 7 nitrogen and oxygen atoms in total. The number of hydrogen-bond acceptors (Lipinski definition) is 4. The van der Waals surface area contributed by atoms with Crippen LogP contribution in [0.2, 0.25) is 10.0 Å². The second kappa shape index (κ2) is 11.2. The van der Waals surface area contributed by atoms with Crippen molar-refractivity contribution in [2.45, 2.75) is 44.6 Å². The van der Waals surface area contributed by atoms with Crippen LogP contribution < -0.4 is 11.1 Å². The minimum absolute atomic E-state index is 0.140. The summed E-state index contributed by atoms with van der Waals surface area (Å²) in [6, 6.07) is 10.6. The maximum absolute atomic E-state index is 13.3. The number of nitrogens with zero attached hydrogens (tertiary/aromatic N) is 1. The summed E-state index contributed by atoms with van der Waals surface area (Å²) in [7, 11) is 1.56. The fourth-order valence-corrected chi connectivity index (χ4v) is 5.23. The lowest BCUT2D eigenvalue weighted by molar-refractivity contribution is -0.154. The van der Waals surface area contributed by atoms with Crippen LogP contribution >= 0.6 is 23.2 Å². The van der Waals surface area contributed by atoms with Crippen LogP contribution in [-0.2, 0) is 16.0 Å². The molecule has 0 aliphatic heterocycles. The minimum Gasteiger partial charge on any atom is -0.480 e. The first kappa shape index (κ1) is 26.0. The number of benzene rings is 2. The molecule has 34 heavy (non-hydrogen) atoms. The van der Waals surface area contributed by atoms with Crippen LogP contribution in [0.5, 0.6) is 0 Å². The molecule has 2 aromatic carbocycles. The Labute approximate surface area is 209 Å². The van der Waals surface area contributed by atoms with Gasteiger partial charge in [0.25, 0.3) is 5.91 Å². The highest BCUT2D eigenvalue weighted by atomic mass is 35.5. The molecule has 0 aromatic heterocycles. The van der Waals surface area contributed by atoms with Crippen molar-refractivity contribution in [2.75, 3.05) is 18.9 Å². The van der Waals surface area contributed by atoms with E-state index in [1.54, 1.807) is 49.5 Å². The number of likely N-dealkylation sites (N-methyl/N-ethyl adjacent to an activating group) is 1. The molecular weight excluding hydrogens is 477 g/mol. The third-order valence-corrected chi connectivity index (χ3v) is 7.17. The maximum Gasteiger partial charge on any atom is 0.326 e. The summed E-state index contributed by atoms with van der Waals surface area (Å²) in [5, 5.41) is 13.1. The summed E-state index contributed by atoms with van der Waals surface area (Å²) in [6.07, 6.45) is 4.08. The third-order valence-electron chi connectivity index (χ3n) is 6.54. The number of nitrogens with one attached hydrogen (secondary N) is 1. The van der Waals surface area contributed by atoms with Crippen molar-refractivity contribution < 1.29 is 19.5 Å². The van der Waals surface area contributed by atoms with Gasteiger partial charge in [-0.05, 0) is 55.6 Å². The molecule has 1 fully saturated rings. The van der Waals surface area contributed by atoms with Crippen molar-refractivity contribution in [3.8, 4) is 0 Å². The van der Waals surface area contributed by atoms with E-state index in [4.69, 9.17) is 28.9 Å². The molecule has 9 heteroatoms. The number of hydrogen-bond donors (Lipinski definition) is 3. The predicted octanol–water partition coefficient (Wildman–Crippen LogP) is 4.61. The lowest BCUT2D eigenvalue weighted by Gasteiger charge is -2.35. The summed E-state index contributed by atoms with van der Waals surface area (Å²) in [6.45, 7) is 0.393. The summed E-state index contributed by atoms with van der Waals surface area (Å²) in [5.41, 5.74) is 6.61. The van der Waals surface area contributed by atoms with E-state index in [0.717, 1.165) is 31.2 Å². The maximum atomic E-state index is 13.3. The Balaban J connectivity index is 1.71. The Morgan fingerprint density at radius 1 is 1.09 bits per heavy atom. The number of carboxylic acids is 1. The van der Waals surface area contributed by atoms with Gasteiger partial charge in [0.05, 0.1) is 21.0 Å². The van der Waals surface area contributed by atoms with E-state index < -0.39 is 23.3 Å². The van der Waals surface area contributed by atoms with E-state index in [1.807, 2.05) is 0 Å². The molecule has 0 saturated heterocycles. The molecule has 1 atom stereocenters. The van der Waals surface area contributed by atoms with E-state index >= 15 is 0 Å². The molecule has 2 aromatic rings. The first-order valence-electron chi connectivity index (χ1n) is 11.2. The van der Waals surface area contributed by atoms with Crippen molar-refractivity contribution in [1.29, 1.82) is 0 Å². The van der Waals surface area contributed by atoms with E-state index in [2.05, 4.69) is 5.32 Å². The van der Waals surface area contributed by atoms with Gasteiger partial charge in [0.15, 0.2) is 0 Å². The minimum atomic E-state index is -1.07. The second-order valence-electron chi connectivity index (χ2n) is 8.75. The standard InChI is InChI=1S/C25H29Cl2N3O4/c1-30(24(34)25(13-14-28)11-2-3-12-25)20(23(32)33)15-16-7-9-17(10-8-16)29-22(31)21-18(26)5-4-6-19(21)27/h4-10,20H,2-3,11-15,28H2,1H3,(H,29,31)(H,32,33)/t20-/m0/s1. The van der Waals surface area contributed by atoms with Gasteiger partial charge in [0.2, 0.25) is 5.91 Å². The summed E-state index contributed by atoms with van der Waals surface area (Å²) in [4.78, 5) is 39.3. The van der Waals surface area contributed by atoms with Crippen molar-refractivity contribution in [1.82, 2.24) is 4.90 Å². The molecule has 0 spiro atoms. The van der Waals surface area contributed by atoms with Gasteiger partial charge in [-0.2, -0.15) is 0 Å². The Hall–Kier alpha value is -2.61. The molecule has 0 unspecified atom stereocenters. The number of nitrogens with two attached hydrogens (primary N) is 1. The fourth-order valence-electron chi connectivity index (χ4n) is 4.66. The highest BCUT2D eigenvalue weighted by molar-refractivity contribution is 6.40. The summed E-state index contributed by atoms with van der Waals surface area (Å²) < 4.78 is 0. The Morgan fingerprint density at radius 2 is 1.68 bits per heavy atom. The smallest absolute Gasteiger partial charge is 0.326 e. The zero-order chi connectivity index (χ0) is 24.9. The molecule has 2 amide bonds. The topological polar surface area (TPSA) is 113 Å². The van der Waals surface area contributed by atoms with Gasteiger partial charge < -0.3 is 21.1 Å². The van der Waals surface area contributed by atoms with Crippen LogP contribution in [0.4, 0.5) is 5.69 Å². The molecule has 0 bridgehead atoms. The lowest BCUT2D eigenvalue weighted by atomic mass is 9.80. The highest BCUT2D eigenvalue weighted by Gasteiger charge is 2.44. The Morgan fingerprint density at radius 3 is 2.21 bits per heavy atom. The number of halogens is 2. The van der Waals surface area contributed by atoms with Crippen LogP contribution in [0.3, 0.4) is 0 Å². The first-order valence-corrected chi connectivity index (χ1v) is 12.0. The number of aliphatic carboxylic acids is 1. The molecule has 1 aliphatic carbocycles. The number of carboxylic acid groups (broad SMARTS) is 1. The lowest BCUT2D eigenvalue weighted by Crippen LogP contribution is -2.50. The largest absolute Gasteiger partial charge is 0.480 e. The molecule has 0 radical (unpaired) electrons. The van der Waals surface area contributed by atoms with Gasteiger partial charge in [-0.1, -0.05) is 54.2 Å². The SMILES string of the molecule is CN(C(=O)C1(CCN)CCCC1)[C@@H](Cc1ccc(NC(=O)c2c(Cl)cccc2Cl)cc1)C(=O)O. The molecular formula is C25H29Cl2N3O4. The van der Waals surface area contributed by atoms with Crippen LogP contribution in [0, 0.1) is 5.41 Å². The molecule has 3 rings (SSSR count). The number of carbonyl (C=O) groups is 3. The predicted molar refractivity (Wildman–Crippen MR) is 133 cm³/mol. The summed E-state index contributed by atoms with van der Waals surface area (Å²) >= 11 is 12.2. The van der Waals surface area contributed by atoms with E-state index in [0.29, 0.717) is 18.7 Å². The number of anilines is 1. The van der Waals surface area contributed by atoms with Gasteiger partial charge >= 0.3 is 5.97 Å².